The Morgan fingerprint density at radius 3 is 2.38 bits per heavy atom. The Balaban J connectivity index is 1.34. The van der Waals surface area contributed by atoms with Crippen LogP contribution in [0.15, 0.2) is 73.1 Å². The summed E-state index contributed by atoms with van der Waals surface area (Å²) in [6.45, 7) is 0.0415. The number of urea groups is 1. The molecule has 1 saturated heterocycles. The minimum atomic E-state index is -4.85. The number of hydrogen-bond acceptors (Lipinski definition) is 5. The van der Waals surface area contributed by atoms with Crippen LogP contribution in [0, 0.1) is 0 Å². The fourth-order valence-electron chi connectivity index (χ4n) is 4.38. The Kier molecular flexibility index (Phi) is 6.06. The lowest BCUT2D eigenvalue weighted by molar-refractivity contribution is -0.274. The lowest BCUT2D eigenvalue weighted by atomic mass is 10.1. The molecule has 2 aromatic carbocycles. The second kappa shape index (κ2) is 9.23. The number of benzene rings is 2. The van der Waals surface area contributed by atoms with Gasteiger partial charge in [0, 0.05) is 6.20 Å². The van der Waals surface area contributed by atoms with Crippen molar-refractivity contribution in [3.8, 4) is 5.75 Å². The van der Waals surface area contributed by atoms with Crippen LogP contribution in [0.1, 0.15) is 24.0 Å². The van der Waals surface area contributed by atoms with Crippen molar-refractivity contribution in [1.82, 2.24) is 9.88 Å². The van der Waals surface area contributed by atoms with Crippen molar-refractivity contribution in [2.24, 2.45) is 0 Å². The lowest BCUT2D eigenvalue weighted by Gasteiger charge is -2.22. The molecule has 0 bridgehead atoms. The largest absolute Gasteiger partial charge is 0.573 e. The SMILES string of the molecule is O=C(Cc1ccccc1)Nc1cnccc1CN1C(=O)N(c2ccc(OC(F)(F)F)cc2)C(=O)C12CC2. The first-order valence-electron chi connectivity index (χ1n) is 11.4. The second-order valence-corrected chi connectivity index (χ2v) is 8.83. The molecular formula is C26H21F3N4O4. The third-order valence-corrected chi connectivity index (χ3v) is 6.31. The molecule has 37 heavy (non-hydrogen) atoms. The van der Waals surface area contributed by atoms with E-state index in [1.54, 1.807) is 6.07 Å². The normalized spacial score (nSPS) is 16.3. The van der Waals surface area contributed by atoms with Gasteiger partial charge >= 0.3 is 12.4 Å². The third-order valence-electron chi connectivity index (χ3n) is 6.31. The highest BCUT2D eigenvalue weighted by Gasteiger charge is 2.65. The fourth-order valence-corrected chi connectivity index (χ4v) is 4.38. The van der Waals surface area contributed by atoms with Crippen molar-refractivity contribution in [2.45, 2.75) is 37.7 Å². The Morgan fingerprint density at radius 2 is 1.73 bits per heavy atom. The summed E-state index contributed by atoms with van der Waals surface area (Å²) < 4.78 is 41.3. The molecule has 3 aromatic rings. The standard InChI is InChI=1S/C26H21F3N4O4/c27-26(28,29)37-20-8-6-19(7-9-20)33-23(35)25(11-12-25)32(24(33)36)16-18-10-13-30-15-21(18)31-22(34)14-17-4-2-1-3-5-17/h1-10,13,15H,11-12,14,16H2,(H,31,34). The van der Waals surface area contributed by atoms with E-state index < -0.39 is 29.6 Å². The average Bonchev–Trinajstić information content (AvgIpc) is 3.63. The maximum absolute atomic E-state index is 13.4. The summed E-state index contributed by atoms with van der Waals surface area (Å²) in [5.74, 6) is -1.15. The molecule has 11 heteroatoms. The molecule has 1 aliphatic heterocycles. The number of carbonyl (C=O) groups is 3. The van der Waals surface area contributed by atoms with Gasteiger partial charge in [-0.3, -0.25) is 14.6 Å². The van der Waals surface area contributed by atoms with E-state index in [9.17, 15) is 27.6 Å². The predicted octanol–water partition coefficient (Wildman–Crippen LogP) is 4.66. The van der Waals surface area contributed by atoms with Crippen LogP contribution in [0.25, 0.3) is 0 Å². The number of aromatic nitrogens is 1. The number of hydrogen-bond donors (Lipinski definition) is 1. The average molecular weight is 510 g/mol. The number of amides is 4. The zero-order chi connectivity index (χ0) is 26.2. The molecule has 2 fully saturated rings. The molecule has 1 N–H and O–H groups in total. The van der Waals surface area contributed by atoms with Crippen LogP contribution in [0.4, 0.5) is 29.3 Å². The number of halogens is 3. The van der Waals surface area contributed by atoms with E-state index >= 15 is 0 Å². The summed E-state index contributed by atoms with van der Waals surface area (Å²) in [7, 11) is 0. The minimum absolute atomic E-state index is 0.0415. The number of imide groups is 1. The van der Waals surface area contributed by atoms with Gasteiger partial charge in [-0.15, -0.1) is 13.2 Å². The molecule has 0 atom stereocenters. The molecule has 1 spiro atoms. The number of anilines is 2. The molecular weight excluding hydrogens is 489 g/mol. The van der Waals surface area contributed by atoms with Gasteiger partial charge in [0.2, 0.25) is 5.91 Å². The van der Waals surface area contributed by atoms with Crippen molar-refractivity contribution >= 4 is 29.2 Å². The van der Waals surface area contributed by atoms with Crippen LogP contribution in [0.5, 0.6) is 5.75 Å². The predicted molar refractivity (Wildman–Crippen MR) is 127 cm³/mol. The van der Waals surface area contributed by atoms with Gasteiger partial charge in [-0.1, -0.05) is 30.3 Å². The number of nitrogens with one attached hydrogen (secondary N) is 1. The Hall–Kier alpha value is -4.41. The lowest BCUT2D eigenvalue weighted by Crippen LogP contribution is -2.36. The van der Waals surface area contributed by atoms with E-state index in [-0.39, 0.29) is 24.6 Å². The molecule has 1 saturated carbocycles. The van der Waals surface area contributed by atoms with Gasteiger partial charge in [-0.05, 0) is 54.3 Å². The van der Waals surface area contributed by atoms with Crippen molar-refractivity contribution < 1.29 is 32.3 Å². The second-order valence-electron chi connectivity index (χ2n) is 8.83. The van der Waals surface area contributed by atoms with Gasteiger partial charge in [0.1, 0.15) is 11.3 Å². The number of rotatable bonds is 7. The molecule has 2 heterocycles. The van der Waals surface area contributed by atoms with Gasteiger partial charge < -0.3 is 15.0 Å². The van der Waals surface area contributed by atoms with Gasteiger partial charge in [0.05, 0.1) is 30.5 Å². The fraction of sp³-hybridized carbons (Fsp3) is 0.231. The Bertz CT molecular complexity index is 1340. The number of pyridine rings is 1. The first kappa shape index (κ1) is 24.3. The highest BCUT2D eigenvalue weighted by Crippen LogP contribution is 2.50. The molecule has 1 aromatic heterocycles. The quantitative estimate of drug-likeness (QED) is 0.467. The van der Waals surface area contributed by atoms with Crippen LogP contribution in [0.3, 0.4) is 0 Å². The summed E-state index contributed by atoms with van der Waals surface area (Å²) in [5.41, 5.74) is 0.980. The van der Waals surface area contributed by atoms with Crippen LogP contribution < -0.4 is 15.0 Å². The van der Waals surface area contributed by atoms with E-state index in [0.29, 0.717) is 24.1 Å². The molecule has 0 unspecified atom stereocenters. The van der Waals surface area contributed by atoms with Crippen LogP contribution >= 0.6 is 0 Å². The van der Waals surface area contributed by atoms with Crippen LogP contribution in [-0.4, -0.2) is 39.6 Å². The minimum Gasteiger partial charge on any atom is -0.406 e. The topological polar surface area (TPSA) is 91.8 Å². The zero-order valence-electron chi connectivity index (χ0n) is 19.4. The molecule has 190 valence electrons. The summed E-state index contributed by atoms with van der Waals surface area (Å²) >= 11 is 0. The van der Waals surface area contributed by atoms with Crippen LogP contribution in [-0.2, 0) is 22.6 Å². The van der Waals surface area contributed by atoms with E-state index in [2.05, 4.69) is 15.0 Å². The number of ether oxygens (including phenoxy) is 1. The molecule has 4 amide bonds. The maximum atomic E-state index is 13.4. The molecule has 5 rings (SSSR count). The van der Waals surface area contributed by atoms with Gasteiger partial charge in [0.25, 0.3) is 5.91 Å². The van der Waals surface area contributed by atoms with E-state index in [0.717, 1.165) is 22.6 Å². The summed E-state index contributed by atoms with van der Waals surface area (Å²) in [6, 6.07) is 14.9. The number of carbonyl (C=O) groups excluding carboxylic acids is 3. The van der Waals surface area contributed by atoms with Gasteiger partial charge in [-0.2, -0.15) is 0 Å². The smallest absolute Gasteiger partial charge is 0.406 e. The summed E-state index contributed by atoms with van der Waals surface area (Å²) in [4.78, 5) is 45.7. The van der Waals surface area contributed by atoms with E-state index in [1.165, 1.54) is 29.4 Å². The first-order valence-corrected chi connectivity index (χ1v) is 11.4. The van der Waals surface area contributed by atoms with Crippen molar-refractivity contribution in [2.75, 3.05) is 10.2 Å². The summed E-state index contributed by atoms with van der Waals surface area (Å²) in [5, 5.41) is 2.83. The van der Waals surface area contributed by atoms with Crippen molar-refractivity contribution in [1.29, 1.82) is 0 Å². The molecule has 1 aliphatic carbocycles. The number of nitrogens with zero attached hydrogens (tertiary/aromatic N) is 3. The third kappa shape index (κ3) is 4.97. The number of alkyl halides is 3. The van der Waals surface area contributed by atoms with Crippen molar-refractivity contribution in [3.63, 3.8) is 0 Å². The van der Waals surface area contributed by atoms with Crippen molar-refractivity contribution in [3.05, 3.63) is 84.2 Å². The highest BCUT2D eigenvalue weighted by atomic mass is 19.4. The van der Waals surface area contributed by atoms with Gasteiger partial charge in [0.15, 0.2) is 0 Å². The van der Waals surface area contributed by atoms with Gasteiger partial charge in [-0.25, -0.2) is 9.69 Å². The first-order chi connectivity index (χ1) is 17.7. The molecule has 0 radical (unpaired) electrons. The molecule has 8 nitrogen and oxygen atoms in total. The van der Waals surface area contributed by atoms with E-state index in [4.69, 9.17) is 0 Å². The zero-order valence-corrected chi connectivity index (χ0v) is 19.4. The van der Waals surface area contributed by atoms with Crippen LogP contribution in [0.2, 0.25) is 0 Å². The Morgan fingerprint density at radius 1 is 1.03 bits per heavy atom. The monoisotopic (exact) mass is 510 g/mol. The summed E-state index contributed by atoms with van der Waals surface area (Å²) in [6.07, 6.45) is -0.761. The molecule has 2 aliphatic rings. The Labute approximate surface area is 209 Å². The maximum Gasteiger partial charge on any atom is 0.573 e. The highest BCUT2D eigenvalue weighted by molar-refractivity contribution is 6.24. The van der Waals surface area contributed by atoms with E-state index in [1.807, 2.05) is 30.3 Å².